The lowest BCUT2D eigenvalue weighted by Crippen LogP contribution is -2.31. The lowest BCUT2D eigenvalue weighted by atomic mass is 9.77. The molecular weight excluding hydrogens is 513 g/mol. The van der Waals surface area contributed by atoms with Gasteiger partial charge in [0.2, 0.25) is 18.1 Å². The molecule has 0 spiro atoms. The highest BCUT2D eigenvalue weighted by Gasteiger charge is 2.36. The summed E-state index contributed by atoms with van der Waals surface area (Å²) in [6.07, 6.45) is 2.69. The van der Waals surface area contributed by atoms with Crippen LogP contribution in [-0.4, -0.2) is 29.8 Å². The molecule has 0 saturated heterocycles. The van der Waals surface area contributed by atoms with Gasteiger partial charge in [-0.25, -0.2) is 0 Å². The van der Waals surface area contributed by atoms with Crippen LogP contribution in [0.4, 0.5) is 0 Å². The van der Waals surface area contributed by atoms with Gasteiger partial charge >= 0.3 is 0 Å². The number of allylic oxidation sites excluding steroid dienone is 1. The monoisotopic (exact) mass is 560 g/mol. The first kappa shape index (κ1) is 32.0. The largest absolute Gasteiger partial charge is 0.488 e. The Bertz CT molecular complexity index is 1020. The van der Waals surface area contributed by atoms with Crippen LogP contribution < -0.4 is 4.74 Å². The number of benzene rings is 1. The van der Waals surface area contributed by atoms with Gasteiger partial charge in [0.05, 0.1) is 18.8 Å². The van der Waals surface area contributed by atoms with Crippen molar-refractivity contribution >= 4 is 35.0 Å². The molecule has 2 unspecified atom stereocenters. The summed E-state index contributed by atoms with van der Waals surface area (Å²) >= 11 is 1.70. The maximum absolute atomic E-state index is 9.32. The Hall–Kier alpha value is -1.23. The van der Waals surface area contributed by atoms with E-state index in [2.05, 4.69) is 104 Å². The molecule has 7 heteroatoms. The van der Waals surface area contributed by atoms with Crippen LogP contribution in [0.5, 0.6) is 5.75 Å². The Labute approximate surface area is 233 Å². The highest BCUT2D eigenvalue weighted by molar-refractivity contribution is 7.10. The van der Waals surface area contributed by atoms with Crippen molar-refractivity contribution in [1.29, 1.82) is 0 Å². The van der Waals surface area contributed by atoms with Gasteiger partial charge in [0.1, 0.15) is 12.4 Å². The van der Waals surface area contributed by atoms with Crippen molar-refractivity contribution in [3.05, 3.63) is 57.3 Å². The topological polar surface area (TPSA) is 47.9 Å². The van der Waals surface area contributed by atoms with Crippen LogP contribution in [0.15, 0.2) is 35.7 Å². The van der Waals surface area contributed by atoms with Gasteiger partial charge in [-0.3, -0.25) is 0 Å². The minimum Gasteiger partial charge on any atom is -0.488 e. The van der Waals surface area contributed by atoms with Gasteiger partial charge in [-0.2, -0.15) is 0 Å². The highest BCUT2D eigenvalue weighted by atomic mass is 32.1. The molecule has 1 aromatic heterocycles. The second-order valence-corrected chi connectivity index (χ2v) is 17.3. The van der Waals surface area contributed by atoms with Crippen LogP contribution in [0, 0.1) is 10.8 Å². The molecule has 4 nitrogen and oxygen atoms in total. The summed E-state index contributed by atoms with van der Waals surface area (Å²) < 4.78 is 19.6. The van der Waals surface area contributed by atoms with E-state index in [1.165, 1.54) is 22.3 Å². The third-order valence-corrected chi connectivity index (χ3v) is 8.35. The Kier molecular flexibility index (Phi) is 11.9. The molecule has 2 aromatic rings. The Morgan fingerprint density at radius 3 is 1.97 bits per heavy atom. The zero-order valence-electron chi connectivity index (χ0n) is 24.8. The lowest BCUT2D eigenvalue weighted by molar-refractivity contribution is 0.0653. The van der Waals surface area contributed by atoms with Gasteiger partial charge in [0.15, 0.2) is 0 Å². The number of hydrogen-bond acceptors (Lipinski definition) is 5. The number of aliphatic hydroxyl groups is 1. The smallest absolute Gasteiger partial charge is 0.205 e. The van der Waals surface area contributed by atoms with Crippen LogP contribution in [0.1, 0.15) is 88.7 Å². The van der Waals surface area contributed by atoms with Crippen molar-refractivity contribution in [3.8, 4) is 5.75 Å². The highest BCUT2D eigenvalue weighted by Crippen LogP contribution is 2.46. The number of thiophene rings is 1. The van der Waals surface area contributed by atoms with Crippen LogP contribution in [-0.2, 0) is 15.5 Å². The second kappa shape index (κ2) is 13.7. The average molecular weight is 561 g/mol. The van der Waals surface area contributed by atoms with E-state index in [1.807, 2.05) is 6.08 Å². The predicted molar refractivity (Wildman–Crippen MR) is 162 cm³/mol. The van der Waals surface area contributed by atoms with E-state index < -0.39 is 18.1 Å². The second-order valence-electron chi connectivity index (χ2n) is 12.2. The van der Waals surface area contributed by atoms with Crippen LogP contribution in [0.25, 0.3) is 5.57 Å². The van der Waals surface area contributed by atoms with Crippen molar-refractivity contribution in [1.82, 2.24) is 0 Å². The van der Waals surface area contributed by atoms with Gasteiger partial charge < -0.3 is 18.7 Å². The molecular formula is C30H48O4SSi2. The molecule has 2 atom stereocenters. The summed E-state index contributed by atoms with van der Waals surface area (Å²) in [6.45, 7) is 25.0. The van der Waals surface area contributed by atoms with Crippen molar-refractivity contribution in [2.24, 2.45) is 10.8 Å². The molecule has 1 heterocycles. The molecule has 0 aliphatic heterocycles. The van der Waals surface area contributed by atoms with Gasteiger partial charge in [-0.1, -0.05) is 60.6 Å². The maximum atomic E-state index is 9.32. The third kappa shape index (κ3) is 9.48. The fraction of sp³-hybridized carbons (Fsp3) is 0.600. The first-order valence-electron chi connectivity index (χ1n) is 13.2. The maximum Gasteiger partial charge on any atom is 0.205 e. The molecule has 0 aliphatic carbocycles. The number of hydrogen-bond donors (Lipinski definition) is 1. The van der Waals surface area contributed by atoms with Crippen molar-refractivity contribution < 1.29 is 18.7 Å². The molecule has 0 aliphatic rings. The molecule has 0 fully saturated rings. The Morgan fingerprint density at radius 2 is 1.49 bits per heavy atom. The summed E-state index contributed by atoms with van der Waals surface area (Å²) in [5, 5.41) is 11.5. The minimum atomic E-state index is -0.939. The number of ether oxygens (including phenoxy) is 1. The van der Waals surface area contributed by atoms with Crippen LogP contribution >= 0.6 is 11.3 Å². The number of rotatable bonds is 12. The van der Waals surface area contributed by atoms with E-state index in [4.69, 9.17) is 13.6 Å². The van der Waals surface area contributed by atoms with Crippen LogP contribution in [0.3, 0.4) is 0 Å². The zero-order valence-corrected chi connectivity index (χ0v) is 27.6. The molecule has 206 valence electrons. The van der Waals surface area contributed by atoms with Crippen molar-refractivity contribution in [2.75, 3.05) is 6.61 Å². The summed E-state index contributed by atoms with van der Waals surface area (Å²) in [6, 6.07) is 8.64. The van der Waals surface area contributed by atoms with E-state index in [9.17, 15) is 5.11 Å². The van der Waals surface area contributed by atoms with Gasteiger partial charge in [-0.15, -0.1) is 11.3 Å². The third-order valence-electron chi connectivity index (χ3n) is 6.03. The predicted octanol–water partition coefficient (Wildman–Crippen LogP) is 8.82. The van der Waals surface area contributed by atoms with E-state index >= 15 is 0 Å². The first-order valence-corrected chi connectivity index (χ1v) is 18.9. The lowest BCUT2D eigenvalue weighted by Gasteiger charge is -2.39. The van der Waals surface area contributed by atoms with Gasteiger partial charge in [0, 0.05) is 4.88 Å². The molecule has 2 radical (unpaired) electrons. The molecule has 37 heavy (non-hydrogen) atoms. The molecule has 0 saturated carbocycles. The van der Waals surface area contributed by atoms with E-state index in [0.29, 0.717) is 6.61 Å². The zero-order chi connectivity index (χ0) is 28.0. The van der Waals surface area contributed by atoms with Crippen molar-refractivity contribution in [2.45, 2.75) is 99.9 Å². The van der Waals surface area contributed by atoms with Gasteiger partial charge in [0.25, 0.3) is 0 Å². The van der Waals surface area contributed by atoms with E-state index in [0.717, 1.165) is 17.0 Å². The minimum absolute atomic E-state index is 0.0242. The Balaban J connectivity index is 2.49. The van der Waals surface area contributed by atoms with Gasteiger partial charge in [-0.05, 0) is 89.3 Å². The quantitative estimate of drug-likeness (QED) is 0.263. The average Bonchev–Trinajstić information content (AvgIpc) is 3.25. The summed E-state index contributed by atoms with van der Waals surface area (Å²) in [5.41, 5.74) is 4.57. The molecule has 0 amide bonds. The standard InChI is InChI=1S/C30H48O4SSi2/c1-12-21(15-16-31)22-17-24(35-20-22)19-32-23-13-14-25(27(29(2,3)4)33-36(8)9)26(18-23)28(30(5,6)7)34-37(10)11/h13-15,17-18,20,27-28,31H,12,16,19H2,1-11H3. The van der Waals surface area contributed by atoms with E-state index in [-0.39, 0.29) is 29.6 Å². The summed E-state index contributed by atoms with van der Waals surface area (Å²) in [7, 11) is -1.85. The van der Waals surface area contributed by atoms with E-state index in [1.54, 1.807) is 11.3 Å². The molecule has 1 N–H and O–H groups in total. The van der Waals surface area contributed by atoms with Crippen LogP contribution in [0.2, 0.25) is 26.2 Å². The molecule has 1 aromatic carbocycles. The first-order chi connectivity index (χ1) is 17.2. The normalized spacial score (nSPS) is 14.9. The number of aliphatic hydroxyl groups excluding tert-OH is 1. The summed E-state index contributed by atoms with van der Waals surface area (Å²) in [5.74, 6) is 0.848. The SMILES string of the molecule is CCC(=CCO)c1csc(COc2ccc(C(O[Si](C)C)C(C)(C)C)c(C(O[Si](C)C)C(C)(C)C)c2)c1. The fourth-order valence-corrected chi connectivity index (χ4v) is 7.07. The molecule has 0 bridgehead atoms. The summed E-state index contributed by atoms with van der Waals surface area (Å²) in [4.78, 5) is 1.16. The van der Waals surface area contributed by atoms with Crippen molar-refractivity contribution in [3.63, 3.8) is 0 Å². The Morgan fingerprint density at radius 1 is 0.919 bits per heavy atom. The molecule has 2 rings (SSSR count). The fourth-order valence-electron chi connectivity index (χ4n) is 4.35.